The molecule has 0 aliphatic carbocycles. The minimum absolute atomic E-state index is 0. The summed E-state index contributed by atoms with van der Waals surface area (Å²) in [6, 6.07) is 16.2. The van der Waals surface area contributed by atoms with E-state index in [1.165, 1.54) is 12.3 Å². The summed E-state index contributed by atoms with van der Waals surface area (Å²) in [4.78, 5) is 16.3. The van der Waals surface area contributed by atoms with Crippen LogP contribution < -0.4 is 0 Å². The molecule has 0 bridgehead atoms. The van der Waals surface area contributed by atoms with Crippen molar-refractivity contribution in [2.75, 3.05) is 0 Å². The first-order valence-corrected chi connectivity index (χ1v) is 6.58. The third-order valence-corrected chi connectivity index (χ3v) is 3.18. The van der Waals surface area contributed by atoms with Crippen LogP contribution in [0.4, 0.5) is 8.78 Å². The Balaban J connectivity index is 0.00000144. The fourth-order valence-electron chi connectivity index (χ4n) is 2.07. The minimum Gasteiger partial charge on any atom is -0.358 e. The quantitative estimate of drug-likeness (QED) is 0.391. The topological polar surface area (TPSA) is 30.0 Å². The van der Waals surface area contributed by atoms with Gasteiger partial charge in [-0.05, 0) is 5.69 Å². The molecule has 1 aromatic heterocycles. The fourth-order valence-corrected chi connectivity index (χ4v) is 2.07. The molecule has 0 saturated heterocycles. The number of ketones is 1. The predicted octanol–water partition coefficient (Wildman–Crippen LogP) is 4.51. The molecule has 5 heteroatoms. The SMILES string of the molecule is O=C(c1ccccc1)c1ccc(-c2[c-]cc(F)cc2F)nc1.[CH3-].[Ir]. The zero-order valence-corrected chi connectivity index (χ0v) is 15.1. The Labute approximate surface area is 152 Å². The van der Waals surface area contributed by atoms with Gasteiger partial charge in [-0.1, -0.05) is 54.1 Å². The molecule has 0 aliphatic rings. The van der Waals surface area contributed by atoms with E-state index in [0.717, 1.165) is 12.1 Å². The van der Waals surface area contributed by atoms with Crippen LogP contribution in [0, 0.1) is 25.1 Å². The zero-order valence-electron chi connectivity index (χ0n) is 12.7. The number of carbonyl (C=O) groups is 1. The van der Waals surface area contributed by atoms with Gasteiger partial charge in [-0.3, -0.25) is 13.6 Å². The number of aromatic nitrogens is 1. The fraction of sp³-hybridized carbons (Fsp3) is 0. The molecule has 0 N–H and O–H groups in total. The first-order valence-electron chi connectivity index (χ1n) is 6.58. The number of carbonyl (C=O) groups excluding carboxylic acids is 1. The summed E-state index contributed by atoms with van der Waals surface area (Å²) >= 11 is 0. The summed E-state index contributed by atoms with van der Waals surface area (Å²) in [6.07, 6.45) is 1.38. The van der Waals surface area contributed by atoms with E-state index in [0.29, 0.717) is 16.8 Å². The molecule has 0 aliphatic heterocycles. The molecule has 0 fully saturated rings. The van der Waals surface area contributed by atoms with Crippen LogP contribution in [0.1, 0.15) is 15.9 Å². The van der Waals surface area contributed by atoms with Crippen molar-refractivity contribution in [2.24, 2.45) is 0 Å². The summed E-state index contributed by atoms with van der Waals surface area (Å²) in [5.41, 5.74) is 1.32. The van der Waals surface area contributed by atoms with Gasteiger partial charge < -0.3 is 12.4 Å². The molecule has 0 spiro atoms. The molecule has 0 amide bonds. The third kappa shape index (κ3) is 4.19. The van der Waals surface area contributed by atoms with Crippen LogP contribution >= 0.6 is 0 Å². The Morgan fingerprint density at radius 1 is 1.00 bits per heavy atom. The Morgan fingerprint density at radius 3 is 2.29 bits per heavy atom. The number of pyridine rings is 1. The van der Waals surface area contributed by atoms with Gasteiger partial charge in [-0.25, -0.2) is 0 Å². The molecular formula is C19H13F2IrNO-2. The Kier molecular flexibility index (Phi) is 7.08. The van der Waals surface area contributed by atoms with Crippen LogP contribution in [0.5, 0.6) is 0 Å². The van der Waals surface area contributed by atoms with E-state index in [1.807, 2.05) is 6.07 Å². The molecule has 3 aromatic rings. The van der Waals surface area contributed by atoms with E-state index in [1.54, 1.807) is 30.3 Å². The van der Waals surface area contributed by atoms with Crippen molar-refractivity contribution in [3.63, 3.8) is 0 Å². The van der Waals surface area contributed by atoms with Crippen LogP contribution in [0.3, 0.4) is 0 Å². The van der Waals surface area contributed by atoms with Crippen molar-refractivity contribution in [3.8, 4) is 11.3 Å². The number of hydrogen-bond acceptors (Lipinski definition) is 2. The van der Waals surface area contributed by atoms with E-state index in [2.05, 4.69) is 11.1 Å². The standard InChI is InChI=1S/C18H10F2NO.CH3.Ir/c19-14-7-8-15(16(20)10-14)17-9-6-13(11-21-17)18(22)12-4-2-1-3-5-12;;/h1-7,9-11H;1H3;/q2*-1;. The number of benzene rings is 2. The first kappa shape index (κ1) is 19.8. The summed E-state index contributed by atoms with van der Waals surface area (Å²) < 4.78 is 26.6. The van der Waals surface area contributed by atoms with Crippen LogP contribution in [-0.4, -0.2) is 10.8 Å². The molecule has 1 radical (unpaired) electrons. The average molecular weight is 502 g/mol. The summed E-state index contributed by atoms with van der Waals surface area (Å²) in [5, 5.41) is 0. The van der Waals surface area contributed by atoms with Gasteiger partial charge in [-0.2, -0.15) is 0 Å². The zero-order chi connectivity index (χ0) is 15.5. The number of nitrogens with zero attached hydrogens (tertiary/aromatic N) is 1. The molecule has 1 heterocycles. The molecule has 0 atom stereocenters. The molecule has 2 aromatic carbocycles. The van der Waals surface area contributed by atoms with Gasteiger partial charge in [0.2, 0.25) is 0 Å². The molecular weight excluding hydrogens is 488 g/mol. The van der Waals surface area contributed by atoms with Crippen molar-refractivity contribution < 1.29 is 33.7 Å². The second kappa shape index (κ2) is 8.57. The number of halogens is 2. The Hall–Kier alpha value is -2.23. The summed E-state index contributed by atoms with van der Waals surface area (Å²) in [5.74, 6) is -1.60. The van der Waals surface area contributed by atoms with E-state index in [-0.39, 0.29) is 38.9 Å². The third-order valence-electron chi connectivity index (χ3n) is 3.18. The normalized spacial score (nSPS) is 9.58. The van der Waals surface area contributed by atoms with E-state index >= 15 is 0 Å². The van der Waals surface area contributed by atoms with Crippen molar-refractivity contribution >= 4 is 5.78 Å². The van der Waals surface area contributed by atoms with Gasteiger partial charge in [0.05, 0.1) is 0 Å². The minimum atomic E-state index is -0.741. The van der Waals surface area contributed by atoms with Crippen molar-refractivity contribution in [3.05, 3.63) is 97.0 Å². The van der Waals surface area contributed by atoms with Gasteiger partial charge in [0, 0.05) is 49.1 Å². The average Bonchev–Trinajstić information content (AvgIpc) is 2.55. The smallest absolute Gasteiger partial charge is 0.194 e. The van der Waals surface area contributed by atoms with Crippen LogP contribution in [0.15, 0.2) is 60.8 Å². The Bertz CT molecular complexity index is 821. The molecule has 0 saturated carbocycles. The van der Waals surface area contributed by atoms with Gasteiger partial charge in [0.1, 0.15) is 0 Å². The maximum absolute atomic E-state index is 13.7. The second-order valence-electron chi connectivity index (χ2n) is 4.67. The molecule has 24 heavy (non-hydrogen) atoms. The van der Waals surface area contributed by atoms with Crippen LogP contribution in [0.25, 0.3) is 11.3 Å². The molecule has 125 valence electrons. The second-order valence-corrected chi connectivity index (χ2v) is 4.67. The molecule has 2 nitrogen and oxygen atoms in total. The largest absolute Gasteiger partial charge is 0.358 e. The van der Waals surface area contributed by atoms with Crippen molar-refractivity contribution in [1.29, 1.82) is 0 Å². The van der Waals surface area contributed by atoms with Gasteiger partial charge in [0.25, 0.3) is 0 Å². The van der Waals surface area contributed by atoms with E-state index in [9.17, 15) is 13.6 Å². The summed E-state index contributed by atoms with van der Waals surface area (Å²) in [6.45, 7) is 0. The molecule has 0 unspecified atom stereocenters. The number of hydrogen-bond donors (Lipinski definition) is 0. The van der Waals surface area contributed by atoms with Gasteiger partial charge >= 0.3 is 0 Å². The van der Waals surface area contributed by atoms with Gasteiger partial charge in [0.15, 0.2) is 5.78 Å². The maximum Gasteiger partial charge on any atom is 0.194 e. The number of rotatable bonds is 3. The first-order chi connectivity index (χ1) is 10.6. The Morgan fingerprint density at radius 2 is 1.71 bits per heavy atom. The van der Waals surface area contributed by atoms with E-state index < -0.39 is 11.6 Å². The maximum atomic E-state index is 13.7. The van der Waals surface area contributed by atoms with Crippen molar-refractivity contribution in [2.45, 2.75) is 0 Å². The van der Waals surface area contributed by atoms with Crippen LogP contribution in [0.2, 0.25) is 0 Å². The van der Waals surface area contributed by atoms with Gasteiger partial charge in [-0.15, -0.1) is 12.1 Å². The molecule has 3 rings (SSSR count). The van der Waals surface area contributed by atoms with Crippen molar-refractivity contribution in [1.82, 2.24) is 4.98 Å². The predicted molar refractivity (Wildman–Crippen MR) is 84.7 cm³/mol. The monoisotopic (exact) mass is 502 g/mol. The van der Waals surface area contributed by atoms with Crippen LogP contribution in [-0.2, 0) is 20.1 Å². The summed E-state index contributed by atoms with van der Waals surface area (Å²) in [7, 11) is 0. The van der Waals surface area contributed by atoms with E-state index in [4.69, 9.17) is 0 Å².